The summed E-state index contributed by atoms with van der Waals surface area (Å²) in [6.45, 7) is 3.50. The molecule has 0 fully saturated rings. The van der Waals surface area contributed by atoms with Crippen molar-refractivity contribution >= 4 is 0 Å². The quantitative estimate of drug-likeness (QED) is 0.564. The zero-order valence-electron chi connectivity index (χ0n) is 7.68. The number of aromatic nitrogens is 2. The Morgan fingerprint density at radius 2 is 2.00 bits per heavy atom. The van der Waals surface area contributed by atoms with Crippen molar-refractivity contribution in [1.29, 1.82) is 0 Å². The van der Waals surface area contributed by atoms with Gasteiger partial charge in [-0.05, 0) is 20.3 Å². The molecule has 1 aromatic rings. The summed E-state index contributed by atoms with van der Waals surface area (Å²) in [6, 6.07) is -0.0919. The van der Waals surface area contributed by atoms with Gasteiger partial charge < -0.3 is 10.7 Å². The summed E-state index contributed by atoms with van der Waals surface area (Å²) in [4.78, 5) is 26.8. The van der Waals surface area contributed by atoms with Crippen LogP contribution in [0.3, 0.4) is 0 Å². The normalized spacial score (nSPS) is 12.8. The molecule has 1 unspecified atom stereocenters. The van der Waals surface area contributed by atoms with Crippen molar-refractivity contribution in [3.05, 3.63) is 32.1 Å². The summed E-state index contributed by atoms with van der Waals surface area (Å²) < 4.78 is 0. The molecule has 0 aliphatic rings. The first-order chi connectivity index (χ1) is 6.00. The van der Waals surface area contributed by atoms with Crippen LogP contribution in [0.25, 0.3) is 0 Å². The first kappa shape index (κ1) is 9.73. The van der Waals surface area contributed by atoms with Gasteiger partial charge in [-0.15, -0.1) is 0 Å². The number of hydrogen-bond donors (Lipinski definition) is 3. The van der Waals surface area contributed by atoms with Crippen molar-refractivity contribution in [3.8, 4) is 0 Å². The molecule has 72 valence electrons. The van der Waals surface area contributed by atoms with E-state index in [4.69, 9.17) is 5.73 Å². The Morgan fingerprint density at radius 1 is 1.38 bits per heavy atom. The van der Waals surface area contributed by atoms with Crippen LogP contribution >= 0.6 is 0 Å². The van der Waals surface area contributed by atoms with Crippen LogP contribution in [0, 0.1) is 6.92 Å². The van der Waals surface area contributed by atoms with Crippen LogP contribution in [-0.4, -0.2) is 16.0 Å². The largest absolute Gasteiger partial charge is 0.328 e. The minimum Gasteiger partial charge on any atom is -0.328 e. The summed E-state index contributed by atoms with van der Waals surface area (Å²) in [6.07, 6.45) is 0.470. The highest BCUT2D eigenvalue weighted by molar-refractivity contribution is 5.15. The number of H-pyrrole nitrogens is 2. The standard InChI is InChI=1S/C8H13N3O2/c1-4(9)3-6-5(2)10-8(13)11-7(6)12/h4H,3,9H2,1-2H3,(H2,10,11,12,13). The summed E-state index contributed by atoms with van der Waals surface area (Å²) >= 11 is 0. The second kappa shape index (κ2) is 3.57. The van der Waals surface area contributed by atoms with Crippen LogP contribution in [0.2, 0.25) is 0 Å². The molecular formula is C8H13N3O2. The SMILES string of the molecule is Cc1[nH]c(=O)[nH]c(=O)c1CC(C)N. The minimum absolute atomic E-state index is 0.0919. The number of aromatic amines is 2. The first-order valence-electron chi connectivity index (χ1n) is 4.08. The van der Waals surface area contributed by atoms with Crippen LogP contribution in [0.1, 0.15) is 18.2 Å². The molecule has 13 heavy (non-hydrogen) atoms. The molecular weight excluding hydrogens is 170 g/mol. The smallest absolute Gasteiger partial charge is 0.325 e. The third-order valence-corrected chi connectivity index (χ3v) is 1.78. The second-order valence-electron chi connectivity index (χ2n) is 3.19. The average Bonchev–Trinajstić information content (AvgIpc) is 1.96. The average molecular weight is 183 g/mol. The van der Waals surface area contributed by atoms with Gasteiger partial charge in [-0.25, -0.2) is 4.79 Å². The van der Waals surface area contributed by atoms with Gasteiger partial charge in [0.25, 0.3) is 5.56 Å². The number of rotatable bonds is 2. The maximum Gasteiger partial charge on any atom is 0.325 e. The Morgan fingerprint density at radius 3 is 2.46 bits per heavy atom. The number of hydrogen-bond acceptors (Lipinski definition) is 3. The lowest BCUT2D eigenvalue weighted by molar-refractivity contribution is 0.718. The molecule has 0 aromatic carbocycles. The predicted molar refractivity (Wildman–Crippen MR) is 49.8 cm³/mol. The van der Waals surface area contributed by atoms with Crippen LogP contribution < -0.4 is 17.0 Å². The van der Waals surface area contributed by atoms with Crippen molar-refractivity contribution in [3.63, 3.8) is 0 Å². The Hall–Kier alpha value is -1.36. The zero-order chi connectivity index (χ0) is 10.0. The molecule has 0 radical (unpaired) electrons. The molecule has 5 heteroatoms. The van der Waals surface area contributed by atoms with E-state index in [-0.39, 0.29) is 11.6 Å². The zero-order valence-corrected chi connectivity index (χ0v) is 7.68. The summed E-state index contributed by atoms with van der Waals surface area (Å²) in [5.41, 5.74) is 5.87. The molecule has 5 nitrogen and oxygen atoms in total. The second-order valence-corrected chi connectivity index (χ2v) is 3.19. The van der Waals surface area contributed by atoms with Crippen LogP contribution in [-0.2, 0) is 6.42 Å². The van der Waals surface area contributed by atoms with Gasteiger partial charge in [0.15, 0.2) is 0 Å². The van der Waals surface area contributed by atoms with Crippen molar-refractivity contribution in [2.45, 2.75) is 26.3 Å². The fraction of sp³-hybridized carbons (Fsp3) is 0.500. The highest BCUT2D eigenvalue weighted by Crippen LogP contribution is 1.97. The van der Waals surface area contributed by atoms with Gasteiger partial charge in [0.05, 0.1) is 0 Å². The summed E-state index contributed by atoms with van der Waals surface area (Å²) in [5.74, 6) is 0. The molecule has 1 atom stereocenters. The van der Waals surface area contributed by atoms with Crippen molar-refractivity contribution in [2.24, 2.45) is 5.73 Å². The van der Waals surface area contributed by atoms with Gasteiger partial charge in [-0.1, -0.05) is 0 Å². The topological polar surface area (TPSA) is 91.7 Å². The van der Waals surface area contributed by atoms with Crippen LogP contribution in [0.5, 0.6) is 0 Å². The molecule has 0 saturated carbocycles. The molecule has 0 amide bonds. The Kier molecular flexibility index (Phi) is 2.67. The fourth-order valence-electron chi connectivity index (χ4n) is 1.19. The number of nitrogens with two attached hydrogens (primary N) is 1. The summed E-state index contributed by atoms with van der Waals surface area (Å²) in [5, 5.41) is 0. The third kappa shape index (κ3) is 2.29. The van der Waals surface area contributed by atoms with Gasteiger partial charge >= 0.3 is 5.69 Å². The van der Waals surface area contributed by atoms with E-state index in [2.05, 4.69) is 9.97 Å². The van der Waals surface area contributed by atoms with Gasteiger partial charge in [0, 0.05) is 17.3 Å². The monoisotopic (exact) mass is 183 g/mol. The predicted octanol–water partition coefficient (Wildman–Crippen LogP) is -0.739. The molecule has 0 bridgehead atoms. The molecule has 4 N–H and O–H groups in total. The molecule has 0 saturated heterocycles. The van der Waals surface area contributed by atoms with E-state index in [1.165, 1.54) is 0 Å². The van der Waals surface area contributed by atoms with E-state index in [1.54, 1.807) is 6.92 Å². The van der Waals surface area contributed by atoms with E-state index >= 15 is 0 Å². The molecule has 0 spiro atoms. The van der Waals surface area contributed by atoms with Gasteiger partial charge in [-0.3, -0.25) is 9.78 Å². The van der Waals surface area contributed by atoms with Gasteiger partial charge in [0.1, 0.15) is 0 Å². The maximum atomic E-state index is 11.3. The molecule has 0 aliphatic carbocycles. The summed E-state index contributed by atoms with van der Waals surface area (Å²) in [7, 11) is 0. The molecule has 1 heterocycles. The highest BCUT2D eigenvalue weighted by atomic mass is 16.2. The number of aryl methyl sites for hydroxylation is 1. The molecule has 1 aromatic heterocycles. The lowest BCUT2D eigenvalue weighted by Crippen LogP contribution is -2.30. The minimum atomic E-state index is -0.476. The Bertz CT molecular complexity index is 403. The van der Waals surface area contributed by atoms with Crippen molar-refractivity contribution in [1.82, 2.24) is 9.97 Å². The van der Waals surface area contributed by atoms with E-state index < -0.39 is 5.69 Å². The van der Waals surface area contributed by atoms with E-state index in [9.17, 15) is 9.59 Å². The molecule has 1 rings (SSSR count). The van der Waals surface area contributed by atoms with E-state index in [1.807, 2.05) is 6.92 Å². The number of nitrogens with one attached hydrogen (secondary N) is 2. The van der Waals surface area contributed by atoms with Gasteiger partial charge in [-0.2, -0.15) is 0 Å². The lowest BCUT2D eigenvalue weighted by atomic mass is 10.1. The molecule has 0 aliphatic heterocycles. The van der Waals surface area contributed by atoms with E-state index in [0.717, 1.165) is 0 Å². The van der Waals surface area contributed by atoms with E-state index in [0.29, 0.717) is 17.7 Å². The van der Waals surface area contributed by atoms with Crippen molar-refractivity contribution < 1.29 is 0 Å². The van der Waals surface area contributed by atoms with Crippen LogP contribution in [0.15, 0.2) is 9.59 Å². The Labute approximate surface area is 75.0 Å². The first-order valence-corrected chi connectivity index (χ1v) is 4.08. The highest BCUT2D eigenvalue weighted by Gasteiger charge is 2.07. The lowest BCUT2D eigenvalue weighted by Gasteiger charge is -2.05. The van der Waals surface area contributed by atoms with Gasteiger partial charge in [0.2, 0.25) is 0 Å². The third-order valence-electron chi connectivity index (χ3n) is 1.78. The Balaban J connectivity index is 3.22. The maximum absolute atomic E-state index is 11.3. The van der Waals surface area contributed by atoms with Crippen molar-refractivity contribution in [2.75, 3.05) is 0 Å². The van der Waals surface area contributed by atoms with Crippen LogP contribution in [0.4, 0.5) is 0 Å². The fourth-order valence-corrected chi connectivity index (χ4v) is 1.19.